The summed E-state index contributed by atoms with van der Waals surface area (Å²) in [6.07, 6.45) is 1.94. The van der Waals surface area contributed by atoms with Gasteiger partial charge in [-0.2, -0.15) is 0 Å². The van der Waals surface area contributed by atoms with Crippen LogP contribution < -0.4 is 0 Å². The maximum Gasteiger partial charge on any atom is 0.113 e. The topological polar surface area (TPSA) is 30.7 Å². The summed E-state index contributed by atoms with van der Waals surface area (Å²) in [6.45, 7) is 0. The standard InChI is InChI=1S/C28H23N3/c1-31-21-27(29-30-31)22-17-19-26(20-18-22)28(23-11-5-2-6-12-23,24-13-7-3-8-14-24)25-15-9-4-10-16-25/h2-21H,1H3. The number of aryl methyl sites for hydroxylation is 1. The molecule has 0 fully saturated rings. The van der Waals surface area contributed by atoms with Gasteiger partial charge >= 0.3 is 0 Å². The number of rotatable bonds is 5. The minimum atomic E-state index is -0.426. The molecule has 0 aliphatic heterocycles. The normalized spacial score (nSPS) is 11.4. The number of hydrogen-bond acceptors (Lipinski definition) is 2. The lowest BCUT2D eigenvalue weighted by molar-refractivity contribution is 0.715. The van der Waals surface area contributed by atoms with E-state index in [0.29, 0.717) is 0 Å². The lowest BCUT2D eigenvalue weighted by atomic mass is 9.65. The molecule has 0 saturated carbocycles. The predicted molar refractivity (Wildman–Crippen MR) is 125 cm³/mol. The van der Waals surface area contributed by atoms with E-state index in [-0.39, 0.29) is 0 Å². The highest BCUT2D eigenvalue weighted by molar-refractivity contribution is 5.64. The van der Waals surface area contributed by atoms with Gasteiger partial charge in [0.05, 0.1) is 11.6 Å². The van der Waals surface area contributed by atoms with E-state index < -0.39 is 5.41 Å². The fourth-order valence-corrected chi connectivity index (χ4v) is 4.44. The second-order valence-corrected chi connectivity index (χ2v) is 7.70. The first-order valence-electron chi connectivity index (χ1n) is 10.4. The fourth-order valence-electron chi connectivity index (χ4n) is 4.44. The molecule has 3 heteroatoms. The molecule has 0 unspecified atom stereocenters. The largest absolute Gasteiger partial charge is 0.255 e. The van der Waals surface area contributed by atoms with E-state index in [2.05, 4.69) is 126 Å². The number of hydrogen-bond donors (Lipinski definition) is 0. The van der Waals surface area contributed by atoms with Crippen LogP contribution in [0.2, 0.25) is 0 Å². The Kier molecular flexibility index (Phi) is 4.93. The van der Waals surface area contributed by atoms with E-state index in [1.807, 2.05) is 13.2 Å². The molecule has 1 heterocycles. The molecule has 0 bridgehead atoms. The molecule has 0 radical (unpaired) electrons. The van der Waals surface area contributed by atoms with Crippen molar-refractivity contribution in [3.05, 3.63) is 144 Å². The van der Waals surface area contributed by atoms with E-state index in [0.717, 1.165) is 11.3 Å². The smallest absolute Gasteiger partial charge is 0.113 e. The van der Waals surface area contributed by atoms with Gasteiger partial charge in [0.1, 0.15) is 5.69 Å². The van der Waals surface area contributed by atoms with Crippen molar-refractivity contribution in [1.82, 2.24) is 15.0 Å². The van der Waals surface area contributed by atoms with Crippen molar-refractivity contribution in [2.45, 2.75) is 5.41 Å². The highest BCUT2D eigenvalue weighted by atomic mass is 15.4. The zero-order chi connectivity index (χ0) is 21.1. The minimum absolute atomic E-state index is 0.426. The molecule has 150 valence electrons. The third kappa shape index (κ3) is 3.34. The summed E-state index contributed by atoms with van der Waals surface area (Å²) in [5.41, 5.74) is 6.42. The first-order valence-corrected chi connectivity index (χ1v) is 10.4. The van der Waals surface area contributed by atoms with Crippen molar-refractivity contribution in [2.24, 2.45) is 7.05 Å². The van der Waals surface area contributed by atoms with Gasteiger partial charge in [-0.05, 0) is 22.3 Å². The van der Waals surface area contributed by atoms with Gasteiger partial charge in [0.2, 0.25) is 0 Å². The molecule has 5 aromatic rings. The molecule has 0 atom stereocenters. The van der Waals surface area contributed by atoms with Gasteiger partial charge < -0.3 is 0 Å². The van der Waals surface area contributed by atoms with Crippen LogP contribution in [0.15, 0.2) is 121 Å². The first-order chi connectivity index (χ1) is 15.3. The van der Waals surface area contributed by atoms with Gasteiger partial charge in [-0.1, -0.05) is 120 Å². The van der Waals surface area contributed by atoms with Crippen molar-refractivity contribution in [2.75, 3.05) is 0 Å². The quantitative estimate of drug-likeness (QED) is 0.345. The van der Waals surface area contributed by atoms with E-state index in [9.17, 15) is 0 Å². The van der Waals surface area contributed by atoms with Gasteiger partial charge in [-0.25, -0.2) is 0 Å². The van der Waals surface area contributed by atoms with Crippen LogP contribution in [0.4, 0.5) is 0 Å². The van der Waals surface area contributed by atoms with E-state index in [1.54, 1.807) is 4.68 Å². The van der Waals surface area contributed by atoms with Crippen LogP contribution in [0, 0.1) is 0 Å². The van der Waals surface area contributed by atoms with Crippen LogP contribution in [-0.4, -0.2) is 15.0 Å². The van der Waals surface area contributed by atoms with E-state index in [4.69, 9.17) is 0 Å². The Hall–Kier alpha value is -3.98. The minimum Gasteiger partial charge on any atom is -0.255 e. The first kappa shape index (κ1) is 19.0. The van der Waals surface area contributed by atoms with Gasteiger partial charge in [0, 0.05) is 12.6 Å². The molecule has 0 saturated heterocycles. The van der Waals surface area contributed by atoms with Crippen molar-refractivity contribution in [3.8, 4) is 11.3 Å². The SMILES string of the molecule is Cn1cc(-c2ccc(C(c3ccccc3)(c3ccccc3)c3ccccc3)cc2)nn1. The summed E-state index contributed by atoms with van der Waals surface area (Å²) in [6, 6.07) is 40.9. The molecule has 5 rings (SSSR count). The average molecular weight is 402 g/mol. The second-order valence-electron chi connectivity index (χ2n) is 7.70. The van der Waals surface area contributed by atoms with Crippen molar-refractivity contribution in [1.29, 1.82) is 0 Å². The van der Waals surface area contributed by atoms with Gasteiger partial charge in [0.25, 0.3) is 0 Å². The van der Waals surface area contributed by atoms with Crippen molar-refractivity contribution < 1.29 is 0 Å². The summed E-state index contributed by atoms with van der Waals surface area (Å²) in [5, 5.41) is 8.34. The Morgan fingerprint density at radius 2 is 0.968 bits per heavy atom. The van der Waals surface area contributed by atoms with Crippen LogP contribution in [0.25, 0.3) is 11.3 Å². The lowest BCUT2D eigenvalue weighted by Crippen LogP contribution is -2.30. The highest BCUT2D eigenvalue weighted by Crippen LogP contribution is 2.45. The highest BCUT2D eigenvalue weighted by Gasteiger charge is 2.38. The maximum atomic E-state index is 4.27. The van der Waals surface area contributed by atoms with Crippen molar-refractivity contribution in [3.63, 3.8) is 0 Å². The van der Waals surface area contributed by atoms with E-state index >= 15 is 0 Å². The Balaban J connectivity index is 1.78. The molecule has 0 aliphatic rings. The molecule has 0 aliphatic carbocycles. The zero-order valence-electron chi connectivity index (χ0n) is 17.4. The average Bonchev–Trinajstić information content (AvgIpc) is 3.28. The number of nitrogens with zero attached hydrogens (tertiary/aromatic N) is 3. The molecular weight excluding hydrogens is 378 g/mol. The van der Waals surface area contributed by atoms with Crippen LogP contribution in [0.3, 0.4) is 0 Å². The monoisotopic (exact) mass is 401 g/mol. The summed E-state index contributed by atoms with van der Waals surface area (Å²) in [5.74, 6) is 0. The molecule has 4 aromatic carbocycles. The molecule has 0 spiro atoms. The van der Waals surface area contributed by atoms with Gasteiger partial charge in [-0.3, -0.25) is 4.68 Å². The Morgan fingerprint density at radius 1 is 0.548 bits per heavy atom. The summed E-state index contributed by atoms with van der Waals surface area (Å²) < 4.78 is 1.73. The molecule has 1 aromatic heterocycles. The number of aromatic nitrogens is 3. The molecule has 31 heavy (non-hydrogen) atoms. The van der Waals surface area contributed by atoms with Crippen LogP contribution >= 0.6 is 0 Å². The number of benzene rings is 4. The van der Waals surface area contributed by atoms with Crippen molar-refractivity contribution >= 4 is 0 Å². The molecule has 3 nitrogen and oxygen atoms in total. The lowest BCUT2D eigenvalue weighted by Gasteiger charge is -2.37. The predicted octanol–water partition coefficient (Wildman–Crippen LogP) is 5.86. The van der Waals surface area contributed by atoms with Crippen LogP contribution in [-0.2, 0) is 12.5 Å². The third-order valence-corrected chi connectivity index (χ3v) is 5.84. The van der Waals surface area contributed by atoms with Gasteiger partial charge in [0.15, 0.2) is 0 Å². The Bertz CT molecular complexity index is 1160. The Labute approximate surface area is 182 Å². The maximum absolute atomic E-state index is 4.27. The Morgan fingerprint density at radius 3 is 1.35 bits per heavy atom. The third-order valence-electron chi connectivity index (χ3n) is 5.84. The van der Waals surface area contributed by atoms with E-state index in [1.165, 1.54) is 22.3 Å². The summed E-state index contributed by atoms with van der Waals surface area (Å²) in [7, 11) is 1.89. The van der Waals surface area contributed by atoms with Gasteiger partial charge in [-0.15, -0.1) is 5.10 Å². The summed E-state index contributed by atoms with van der Waals surface area (Å²) in [4.78, 5) is 0. The van der Waals surface area contributed by atoms with Crippen LogP contribution in [0.1, 0.15) is 22.3 Å². The molecule has 0 N–H and O–H groups in total. The van der Waals surface area contributed by atoms with Crippen LogP contribution in [0.5, 0.6) is 0 Å². The fraction of sp³-hybridized carbons (Fsp3) is 0.0714. The molecular formula is C28H23N3. The summed E-state index contributed by atoms with van der Waals surface area (Å²) >= 11 is 0. The zero-order valence-corrected chi connectivity index (χ0v) is 17.4. The molecule has 0 amide bonds. The second kappa shape index (κ2) is 8.04.